The third-order valence-corrected chi connectivity index (χ3v) is 2.01. The van der Waals surface area contributed by atoms with Crippen LogP contribution in [0.4, 0.5) is 0 Å². The Bertz CT molecular complexity index is 349. The van der Waals surface area contributed by atoms with Gasteiger partial charge in [-0.25, -0.2) is 13.6 Å². The van der Waals surface area contributed by atoms with Gasteiger partial charge in [-0.1, -0.05) is 0 Å². The maximum atomic E-state index is 10.5. The number of sulfonamides is 1. The zero-order valence-corrected chi connectivity index (χ0v) is 7.70. The van der Waals surface area contributed by atoms with E-state index < -0.39 is 10.0 Å². The molecule has 2 N–H and O–H groups in total. The Labute approximate surface area is 76.6 Å². The van der Waals surface area contributed by atoms with Crippen LogP contribution < -0.4 is 9.88 Å². The van der Waals surface area contributed by atoms with Crippen LogP contribution >= 0.6 is 0 Å². The predicted octanol–water partition coefficient (Wildman–Crippen LogP) is -0.251. The lowest BCUT2D eigenvalue weighted by atomic mass is 10.5. The van der Waals surface area contributed by atoms with Crippen LogP contribution in [-0.2, 0) is 10.0 Å². The Morgan fingerprint density at radius 2 is 2.31 bits per heavy atom. The Morgan fingerprint density at radius 1 is 1.54 bits per heavy atom. The molecule has 0 fully saturated rings. The maximum Gasteiger partial charge on any atom is 0.212 e. The van der Waals surface area contributed by atoms with Crippen LogP contribution in [0.25, 0.3) is 0 Å². The zero-order valence-electron chi connectivity index (χ0n) is 6.88. The van der Waals surface area contributed by atoms with Gasteiger partial charge in [0, 0.05) is 6.20 Å². The standard InChI is InChI=1S/C7H10N2O3S/c8-13(10,11)5-4-12-7-2-1-3-9-6-7/h1-3,6H,4-5H2,(H2,8,10,11). The van der Waals surface area contributed by atoms with Gasteiger partial charge in [0.05, 0.1) is 11.9 Å². The summed E-state index contributed by atoms with van der Waals surface area (Å²) in [6, 6.07) is 3.39. The van der Waals surface area contributed by atoms with Gasteiger partial charge in [0.2, 0.25) is 10.0 Å². The number of pyridine rings is 1. The second-order valence-corrected chi connectivity index (χ2v) is 4.14. The molecule has 0 saturated heterocycles. The van der Waals surface area contributed by atoms with Crippen molar-refractivity contribution in [3.8, 4) is 5.75 Å². The van der Waals surface area contributed by atoms with E-state index in [0.717, 1.165) is 0 Å². The van der Waals surface area contributed by atoms with Gasteiger partial charge in [-0.15, -0.1) is 0 Å². The molecule has 1 heterocycles. The molecule has 0 atom stereocenters. The van der Waals surface area contributed by atoms with E-state index in [1.165, 1.54) is 6.20 Å². The summed E-state index contributed by atoms with van der Waals surface area (Å²) in [5, 5.41) is 4.78. The quantitative estimate of drug-likeness (QED) is 0.729. The number of rotatable bonds is 4. The van der Waals surface area contributed by atoms with Gasteiger partial charge in [0.1, 0.15) is 12.4 Å². The number of hydrogen-bond donors (Lipinski definition) is 1. The second kappa shape index (κ2) is 4.20. The largest absolute Gasteiger partial charge is 0.491 e. The van der Waals surface area contributed by atoms with Crippen LogP contribution in [0.15, 0.2) is 24.5 Å². The maximum absolute atomic E-state index is 10.5. The number of nitrogens with zero attached hydrogens (tertiary/aromatic N) is 1. The molecule has 5 nitrogen and oxygen atoms in total. The van der Waals surface area contributed by atoms with Crippen molar-refractivity contribution in [3.63, 3.8) is 0 Å². The summed E-state index contributed by atoms with van der Waals surface area (Å²) in [6.45, 7) is 0.0462. The lowest BCUT2D eigenvalue weighted by Gasteiger charge is -2.03. The van der Waals surface area contributed by atoms with Gasteiger partial charge in [-0.3, -0.25) is 4.98 Å². The summed E-state index contributed by atoms with van der Waals surface area (Å²) in [4.78, 5) is 3.79. The highest BCUT2D eigenvalue weighted by molar-refractivity contribution is 7.89. The number of primary sulfonamides is 1. The third kappa shape index (κ3) is 4.44. The Kier molecular flexibility index (Phi) is 3.21. The van der Waals surface area contributed by atoms with Crippen molar-refractivity contribution < 1.29 is 13.2 Å². The van der Waals surface area contributed by atoms with Gasteiger partial charge >= 0.3 is 0 Å². The first-order chi connectivity index (χ1) is 6.08. The zero-order chi connectivity index (χ0) is 9.73. The normalized spacial score (nSPS) is 11.2. The number of hydrogen-bond acceptors (Lipinski definition) is 4. The summed E-state index contributed by atoms with van der Waals surface area (Å²) in [6.07, 6.45) is 3.11. The fraction of sp³-hybridized carbons (Fsp3) is 0.286. The molecule has 1 aromatic rings. The van der Waals surface area contributed by atoms with Crippen molar-refractivity contribution in [2.24, 2.45) is 5.14 Å². The topological polar surface area (TPSA) is 82.3 Å². The molecule has 1 rings (SSSR count). The molecule has 0 radical (unpaired) electrons. The van der Waals surface area contributed by atoms with Crippen LogP contribution in [0.3, 0.4) is 0 Å². The SMILES string of the molecule is NS(=O)(=O)CCOc1cccnc1. The summed E-state index contributed by atoms with van der Waals surface area (Å²) >= 11 is 0. The minimum Gasteiger partial charge on any atom is -0.491 e. The van der Waals surface area contributed by atoms with Crippen LogP contribution in [0.2, 0.25) is 0 Å². The molecule has 6 heteroatoms. The van der Waals surface area contributed by atoms with Gasteiger partial charge < -0.3 is 4.74 Å². The van der Waals surface area contributed by atoms with E-state index in [2.05, 4.69) is 4.98 Å². The van der Waals surface area contributed by atoms with E-state index in [9.17, 15) is 8.42 Å². The summed E-state index contributed by atoms with van der Waals surface area (Å²) < 4.78 is 26.1. The predicted molar refractivity (Wildman–Crippen MR) is 47.7 cm³/mol. The van der Waals surface area contributed by atoms with Crippen LogP contribution in [0.5, 0.6) is 5.75 Å². The first-order valence-corrected chi connectivity index (χ1v) is 5.33. The van der Waals surface area contributed by atoms with Crippen molar-refractivity contribution in [2.75, 3.05) is 12.4 Å². The number of ether oxygens (including phenoxy) is 1. The van der Waals surface area contributed by atoms with Crippen LogP contribution in [-0.4, -0.2) is 25.8 Å². The highest BCUT2D eigenvalue weighted by atomic mass is 32.2. The van der Waals surface area contributed by atoms with E-state index in [1.807, 2.05) is 0 Å². The Hall–Kier alpha value is -1.14. The Balaban J connectivity index is 2.37. The fourth-order valence-corrected chi connectivity index (χ4v) is 1.02. The van der Waals surface area contributed by atoms with Gasteiger partial charge in [0.15, 0.2) is 0 Å². The molecule has 0 aliphatic heterocycles. The molecule has 0 saturated carbocycles. The molecule has 0 bridgehead atoms. The molecule has 0 spiro atoms. The molecule has 0 amide bonds. The molecule has 13 heavy (non-hydrogen) atoms. The average Bonchev–Trinajstić information content (AvgIpc) is 2.04. The molecule has 0 aliphatic carbocycles. The van der Waals surface area contributed by atoms with E-state index in [4.69, 9.17) is 9.88 Å². The minimum atomic E-state index is -3.44. The highest BCUT2D eigenvalue weighted by Gasteiger charge is 2.02. The van der Waals surface area contributed by atoms with Crippen molar-refractivity contribution in [1.29, 1.82) is 0 Å². The molecule has 0 aromatic carbocycles. The summed E-state index contributed by atoms with van der Waals surface area (Å²) in [7, 11) is -3.44. The molecule has 0 unspecified atom stereocenters. The van der Waals surface area contributed by atoms with Crippen LogP contribution in [0, 0.1) is 0 Å². The number of aromatic nitrogens is 1. The van der Waals surface area contributed by atoms with E-state index >= 15 is 0 Å². The van der Waals surface area contributed by atoms with Crippen molar-refractivity contribution >= 4 is 10.0 Å². The molecular formula is C7H10N2O3S. The first-order valence-electron chi connectivity index (χ1n) is 3.61. The van der Waals surface area contributed by atoms with Crippen molar-refractivity contribution in [1.82, 2.24) is 4.98 Å². The summed E-state index contributed by atoms with van der Waals surface area (Å²) in [5.41, 5.74) is 0. The highest BCUT2D eigenvalue weighted by Crippen LogP contribution is 2.05. The van der Waals surface area contributed by atoms with Gasteiger partial charge in [0.25, 0.3) is 0 Å². The monoisotopic (exact) mass is 202 g/mol. The van der Waals surface area contributed by atoms with E-state index in [1.54, 1.807) is 18.3 Å². The fourth-order valence-electron chi connectivity index (χ4n) is 0.708. The number of nitrogens with two attached hydrogens (primary N) is 1. The van der Waals surface area contributed by atoms with E-state index in [-0.39, 0.29) is 12.4 Å². The Morgan fingerprint density at radius 3 is 2.85 bits per heavy atom. The van der Waals surface area contributed by atoms with Crippen molar-refractivity contribution in [3.05, 3.63) is 24.5 Å². The van der Waals surface area contributed by atoms with E-state index in [0.29, 0.717) is 5.75 Å². The lowest BCUT2D eigenvalue weighted by molar-refractivity contribution is 0.339. The van der Waals surface area contributed by atoms with Crippen molar-refractivity contribution in [2.45, 2.75) is 0 Å². The average molecular weight is 202 g/mol. The molecule has 1 aromatic heterocycles. The second-order valence-electron chi connectivity index (χ2n) is 2.40. The van der Waals surface area contributed by atoms with Gasteiger partial charge in [-0.2, -0.15) is 0 Å². The first kappa shape index (κ1) is 9.94. The molecule has 72 valence electrons. The minimum absolute atomic E-state index is 0.0462. The molecule has 0 aliphatic rings. The molecular weight excluding hydrogens is 192 g/mol. The lowest BCUT2D eigenvalue weighted by Crippen LogP contribution is -2.21. The summed E-state index contributed by atoms with van der Waals surface area (Å²) in [5.74, 6) is 0.341. The van der Waals surface area contributed by atoms with Crippen LogP contribution in [0.1, 0.15) is 0 Å². The smallest absolute Gasteiger partial charge is 0.212 e. The van der Waals surface area contributed by atoms with Gasteiger partial charge in [-0.05, 0) is 12.1 Å². The third-order valence-electron chi connectivity index (χ3n) is 1.27.